The Kier molecular flexibility index (Phi) is 31.8. The van der Waals surface area contributed by atoms with Crippen molar-refractivity contribution in [3.8, 4) is 0 Å². The second-order valence-corrected chi connectivity index (χ2v) is 16.1. The Balaban J connectivity index is 4.42. The van der Waals surface area contributed by atoms with Crippen LogP contribution < -0.4 is 5.32 Å². The van der Waals surface area contributed by atoms with Gasteiger partial charge >= 0.3 is 7.82 Å². The van der Waals surface area contributed by atoms with E-state index in [1.54, 1.807) is 6.08 Å². The molecule has 0 rings (SSSR count). The van der Waals surface area contributed by atoms with Crippen molar-refractivity contribution in [1.29, 1.82) is 0 Å². The van der Waals surface area contributed by atoms with Gasteiger partial charge in [0.1, 0.15) is 13.2 Å². The number of unbranched alkanes of at least 4 members (excludes halogenated alkanes) is 18. The number of carbonyl (C=O) groups excluding carboxylic acids is 1. The number of hydrogen-bond donors (Lipinski definition) is 3. The van der Waals surface area contributed by atoms with E-state index in [0.29, 0.717) is 17.4 Å². The van der Waals surface area contributed by atoms with Crippen LogP contribution in [0.3, 0.4) is 0 Å². The lowest BCUT2D eigenvalue weighted by Crippen LogP contribution is -2.45. The van der Waals surface area contributed by atoms with Crippen LogP contribution in [0.2, 0.25) is 0 Å². The summed E-state index contributed by atoms with van der Waals surface area (Å²) in [7, 11) is 1.56. The molecule has 3 unspecified atom stereocenters. The lowest BCUT2D eigenvalue weighted by Gasteiger charge is -2.25. The molecule has 3 N–H and O–H groups in total. The van der Waals surface area contributed by atoms with Crippen LogP contribution in [0.15, 0.2) is 36.5 Å². The minimum absolute atomic E-state index is 0.0590. The number of aliphatic hydroxyl groups is 1. The van der Waals surface area contributed by atoms with Crippen molar-refractivity contribution in [1.82, 2.24) is 5.32 Å². The monoisotopic (exact) mass is 714 g/mol. The number of quaternary nitrogens is 1. The Hall–Kier alpha value is -1.28. The second-order valence-electron chi connectivity index (χ2n) is 14.7. The maximum absolute atomic E-state index is 12.8. The molecule has 49 heavy (non-hydrogen) atoms. The van der Waals surface area contributed by atoms with Gasteiger partial charge in [-0.2, -0.15) is 0 Å². The first kappa shape index (κ1) is 47.7. The Morgan fingerprint density at radius 2 is 1.16 bits per heavy atom. The number of phosphoric acid groups is 1. The fraction of sp³-hybridized carbons (Fsp3) is 0.825. The van der Waals surface area contributed by atoms with Crippen molar-refractivity contribution in [2.24, 2.45) is 0 Å². The standard InChI is InChI=1S/C40H77N2O6P/c1-6-8-10-12-14-16-17-18-19-20-21-22-23-24-26-28-30-32-34-40(44)41-38(37-48-49(45,46)47-36-35-42(3,4)5)39(43)33-31-29-27-25-15-13-11-9-7-2/h16-17,19-20,31,33,38-39,43H,6-15,18,21-30,32,34-37H2,1-5H3,(H-,41,44,45,46)/p+1/b17-16-,20-19-,33-31+. The van der Waals surface area contributed by atoms with Crippen molar-refractivity contribution in [2.45, 2.75) is 174 Å². The number of nitrogens with one attached hydrogen (secondary N) is 1. The maximum Gasteiger partial charge on any atom is 0.472 e. The van der Waals surface area contributed by atoms with E-state index in [4.69, 9.17) is 9.05 Å². The highest BCUT2D eigenvalue weighted by Gasteiger charge is 2.27. The van der Waals surface area contributed by atoms with Gasteiger partial charge in [-0.1, -0.05) is 140 Å². The molecular formula is C40H78N2O6P+. The van der Waals surface area contributed by atoms with Gasteiger partial charge in [-0.25, -0.2) is 4.57 Å². The Morgan fingerprint density at radius 1 is 0.694 bits per heavy atom. The highest BCUT2D eigenvalue weighted by Crippen LogP contribution is 2.43. The molecule has 0 aromatic carbocycles. The van der Waals surface area contributed by atoms with Crippen LogP contribution in [0, 0.1) is 0 Å². The zero-order valence-electron chi connectivity index (χ0n) is 32.4. The van der Waals surface area contributed by atoms with Crippen LogP contribution in [-0.2, 0) is 18.4 Å². The summed E-state index contributed by atoms with van der Waals surface area (Å²) in [6, 6.07) is -0.846. The first-order valence-corrected chi connectivity index (χ1v) is 21.4. The quantitative estimate of drug-likeness (QED) is 0.0261. The topological polar surface area (TPSA) is 105 Å². The lowest BCUT2D eigenvalue weighted by molar-refractivity contribution is -0.870. The van der Waals surface area contributed by atoms with E-state index < -0.39 is 20.0 Å². The summed E-state index contributed by atoms with van der Waals surface area (Å²) >= 11 is 0. The number of carbonyl (C=O) groups is 1. The number of amides is 1. The Morgan fingerprint density at radius 3 is 1.69 bits per heavy atom. The molecule has 0 aliphatic heterocycles. The van der Waals surface area contributed by atoms with E-state index in [1.807, 2.05) is 27.2 Å². The van der Waals surface area contributed by atoms with Gasteiger partial charge in [0.15, 0.2) is 0 Å². The predicted molar refractivity (Wildman–Crippen MR) is 208 cm³/mol. The third kappa shape index (κ3) is 34.9. The van der Waals surface area contributed by atoms with Gasteiger partial charge in [0.25, 0.3) is 0 Å². The largest absolute Gasteiger partial charge is 0.472 e. The minimum Gasteiger partial charge on any atom is -0.387 e. The molecule has 0 heterocycles. The first-order valence-electron chi connectivity index (χ1n) is 19.9. The summed E-state index contributed by atoms with van der Waals surface area (Å²) < 4.78 is 23.4. The zero-order valence-corrected chi connectivity index (χ0v) is 33.3. The highest BCUT2D eigenvalue weighted by atomic mass is 31.2. The smallest absolute Gasteiger partial charge is 0.387 e. The number of phosphoric ester groups is 1. The van der Waals surface area contributed by atoms with Gasteiger partial charge in [-0.3, -0.25) is 13.8 Å². The summed E-state index contributed by atoms with van der Waals surface area (Å²) in [5.74, 6) is -0.190. The number of aliphatic hydroxyl groups excluding tert-OH is 1. The molecule has 0 aliphatic carbocycles. The molecule has 0 aromatic rings. The van der Waals surface area contributed by atoms with E-state index in [1.165, 1.54) is 89.9 Å². The average molecular weight is 714 g/mol. The fourth-order valence-electron chi connectivity index (χ4n) is 5.36. The maximum atomic E-state index is 12.8. The van der Waals surface area contributed by atoms with E-state index in [-0.39, 0.29) is 19.1 Å². The minimum atomic E-state index is -4.33. The molecule has 8 nitrogen and oxygen atoms in total. The van der Waals surface area contributed by atoms with E-state index in [2.05, 4.69) is 43.5 Å². The number of nitrogens with zero attached hydrogens (tertiary/aromatic N) is 1. The number of rotatable bonds is 35. The van der Waals surface area contributed by atoms with Gasteiger partial charge in [0, 0.05) is 6.42 Å². The van der Waals surface area contributed by atoms with Crippen LogP contribution in [0.5, 0.6) is 0 Å². The van der Waals surface area contributed by atoms with Gasteiger partial charge < -0.3 is 19.8 Å². The van der Waals surface area contributed by atoms with Crippen LogP contribution in [0.4, 0.5) is 0 Å². The summed E-state index contributed by atoms with van der Waals surface area (Å²) in [6.45, 7) is 4.74. The summed E-state index contributed by atoms with van der Waals surface area (Å²) in [4.78, 5) is 23.0. The third-order valence-electron chi connectivity index (χ3n) is 8.60. The SMILES string of the molecule is CCCCCC/C=C\C/C=C\CCCCCCCCCC(=O)NC(COP(=O)(O)OCC[N+](C)(C)C)C(O)/C=C/CCCCCCCCC. The molecule has 1 amide bonds. The van der Waals surface area contributed by atoms with Crippen molar-refractivity contribution >= 4 is 13.7 Å². The van der Waals surface area contributed by atoms with Crippen LogP contribution in [0.1, 0.15) is 162 Å². The molecule has 0 aliphatic rings. The van der Waals surface area contributed by atoms with E-state index in [0.717, 1.165) is 51.4 Å². The third-order valence-corrected chi connectivity index (χ3v) is 9.59. The van der Waals surface area contributed by atoms with Gasteiger partial charge in [0.05, 0.1) is 39.9 Å². The first-order chi connectivity index (χ1) is 23.5. The molecule has 0 radical (unpaired) electrons. The fourth-order valence-corrected chi connectivity index (χ4v) is 6.10. The number of hydrogen-bond acceptors (Lipinski definition) is 5. The van der Waals surface area contributed by atoms with Crippen molar-refractivity contribution < 1.29 is 32.9 Å². The molecule has 0 saturated carbocycles. The predicted octanol–water partition coefficient (Wildman–Crippen LogP) is 10.4. The summed E-state index contributed by atoms with van der Waals surface area (Å²) in [5.41, 5.74) is 0. The molecule has 288 valence electrons. The number of likely N-dealkylation sites (N-methyl/N-ethyl adjacent to an activating group) is 1. The molecule has 0 fully saturated rings. The number of allylic oxidation sites excluding steroid dienone is 5. The van der Waals surface area contributed by atoms with Crippen LogP contribution >= 0.6 is 7.82 Å². The summed E-state index contributed by atoms with van der Waals surface area (Å²) in [6.07, 6.45) is 37.8. The van der Waals surface area contributed by atoms with Crippen molar-refractivity contribution in [2.75, 3.05) is 40.9 Å². The molecule has 0 saturated heterocycles. The molecule has 0 aromatic heterocycles. The van der Waals surface area contributed by atoms with Crippen LogP contribution in [-0.4, -0.2) is 73.4 Å². The normalized spacial score (nSPS) is 15.0. The molecule has 3 atom stereocenters. The molecular weight excluding hydrogens is 635 g/mol. The van der Waals surface area contributed by atoms with Crippen molar-refractivity contribution in [3.05, 3.63) is 36.5 Å². The van der Waals surface area contributed by atoms with Crippen LogP contribution in [0.25, 0.3) is 0 Å². The van der Waals surface area contributed by atoms with Gasteiger partial charge in [-0.15, -0.1) is 0 Å². The average Bonchev–Trinajstić information content (AvgIpc) is 3.04. The van der Waals surface area contributed by atoms with Crippen molar-refractivity contribution in [3.63, 3.8) is 0 Å². The molecule has 9 heteroatoms. The lowest BCUT2D eigenvalue weighted by atomic mass is 10.1. The molecule has 0 bridgehead atoms. The second kappa shape index (κ2) is 32.6. The van der Waals surface area contributed by atoms with E-state index >= 15 is 0 Å². The van der Waals surface area contributed by atoms with E-state index in [9.17, 15) is 19.4 Å². The zero-order chi connectivity index (χ0) is 36.5. The van der Waals surface area contributed by atoms with Gasteiger partial charge in [0.2, 0.25) is 5.91 Å². The van der Waals surface area contributed by atoms with Gasteiger partial charge in [-0.05, 0) is 51.4 Å². The highest BCUT2D eigenvalue weighted by molar-refractivity contribution is 7.47. The Labute approximate surface area is 302 Å². The summed E-state index contributed by atoms with van der Waals surface area (Å²) in [5, 5.41) is 13.7. The molecule has 0 spiro atoms. The Bertz CT molecular complexity index is 902.